The lowest BCUT2D eigenvalue weighted by Crippen LogP contribution is -2.05. The first-order valence-electron chi connectivity index (χ1n) is 9.57. The number of aromatic hydroxyl groups is 1. The fraction of sp³-hybridized carbons (Fsp3) is 0.208. The van der Waals surface area contributed by atoms with Gasteiger partial charge in [0, 0.05) is 19.0 Å². The van der Waals surface area contributed by atoms with Crippen LogP contribution in [0.4, 0.5) is 0 Å². The smallest absolute Gasteiger partial charge is 0.117 e. The van der Waals surface area contributed by atoms with E-state index in [2.05, 4.69) is 60.0 Å². The number of phenolic OH excluding ortho intramolecular Hbond substituents is 1. The van der Waals surface area contributed by atoms with Crippen molar-refractivity contribution < 1.29 is 5.11 Å². The van der Waals surface area contributed by atoms with Crippen LogP contribution in [0.3, 0.4) is 0 Å². The summed E-state index contributed by atoms with van der Waals surface area (Å²) in [5.74, 6) is 1.35. The van der Waals surface area contributed by atoms with Gasteiger partial charge in [-0.2, -0.15) is 0 Å². The molecule has 0 bridgehead atoms. The lowest BCUT2D eigenvalue weighted by atomic mass is 10.0. The average molecular weight is 356 g/mol. The molecular weight excluding hydrogens is 332 g/mol. The second-order valence-electron chi connectivity index (χ2n) is 6.96. The number of hydrogen-bond donors (Lipinski definition) is 1. The first-order chi connectivity index (χ1) is 13.2. The Balaban J connectivity index is 1.72. The molecule has 3 heteroatoms. The maximum Gasteiger partial charge on any atom is 0.117 e. The summed E-state index contributed by atoms with van der Waals surface area (Å²) in [4.78, 5) is 4.79. The third-order valence-corrected chi connectivity index (χ3v) is 4.94. The number of phenols is 1. The Morgan fingerprint density at radius 3 is 2.52 bits per heavy atom. The van der Waals surface area contributed by atoms with E-state index in [4.69, 9.17) is 4.98 Å². The number of aromatic nitrogens is 2. The van der Waals surface area contributed by atoms with Crippen LogP contribution in [0.5, 0.6) is 5.75 Å². The fourth-order valence-corrected chi connectivity index (χ4v) is 3.53. The molecule has 0 amide bonds. The molecule has 1 N–H and O–H groups in total. The highest BCUT2D eigenvalue weighted by Crippen LogP contribution is 2.25. The van der Waals surface area contributed by atoms with E-state index in [9.17, 15) is 5.11 Å². The first-order valence-corrected chi connectivity index (χ1v) is 9.57. The summed E-state index contributed by atoms with van der Waals surface area (Å²) in [5, 5.41) is 9.81. The van der Waals surface area contributed by atoms with Crippen LogP contribution in [0, 0.1) is 0 Å². The number of unbranched alkanes of at least 4 members (excludes halogenated alkanes) is 1. The summed E-state index contributed by atoms with van der Waals surface area (Å²) in [6, 6.07) is 24.6. The van der Waals surface area contributed by atoms with Crippen molar-refractivity contribution in [1.82, 2.24) is 9.55 Å². The van der Waals surface area contributed by atoms with Crippen molar-refractivity contribution in [3.63, 3.8) is 0 Å². The zero-order valence-corrected chi connectivity index (χ0v) is 15.6. The molecule has 0 aliphatic carbocycles. The molecule has 0 atom stereocenters. The van der Waals surface area contributed by atoms with E-state index in [-0.39, 0.29) is 5.75 Å². The van der Waals surface area contributed by atoms with Gasteiger partial charge in [0.05, 0.1) is 11.0 Å². The number of rotatable bonds is 6. The van der Waals surface area contributed by atoms with Crippen molar-refractivity contribution in [3.8, 4) is 16.9 Å². The second kappa shape index (κ2) is 7.67. The van der Waals surface area contributed by atoms with E-state index in [1.54, 1.807) is 12.1 Å². The molecule has 0 unspecified atom stereocenters. The molecule has 3 nitrogen and oxygen atoms in total. The van der Waals surface area contributed by atoms with Gasteiger partial charge in [-0.05, 0) is 41.3 Å². The first kappa shape index (κ1) is 17.3. The third-order valence-electron chi connectivity index (χ3n) is 4.94. The topological polar surface area (TPSA) is 38.1 Å². The largest absolute Gasteiger partial charge is 0.508 e. The van der Waals surface area contributed by atoms with Gasteiger partial charge in [-0.15, -0.1) is 0 Å². The van der Waals surface area contributed by atoms with Crippen molar-refractivity contribution in [2.24, 2.45) is 0 Å². The Morgan fingerprint density at radius 2 is 1.70 bits per heavy atom. The summed E-state index contributed by atoms with van der Waals surface area (Å²) in [6.45, 7) is 2.98. The molecule has 0 aliphatic rings. The second-order valence-corrected chi connectivity index (χ2v) is 6.96. The van der Waals surface area contributed by atoms with Gasteiger partial charge in [0.1, 0.15) is 11.6 Å². The van der Waals surface area contributed by atoms with Gasteiger partial charge in [-0.1, -0.05) is 61.9 Å². The van der Waals surface area contributed by atoms with Crippen LogP contribution in [0.15, 0.2) is 72.8 Å². The summed E-state index contributed by atoms with van der Waals surface area (Å²) in [6.07, 6.45) is 3.20. The molecule has 3 aromatic carbocycles. The normalized spacial score (nSPS) is 11.1. The molecule has 4 aromatic rings. The van der Waals surface area contributed by atoms with Crippen molar-refractivity contribution in [2.75, 3.05) is 0 Å². The minimum atomic E-state index is 0.264. The maximum atomic E-state index is 9.81. The van der Waals surface area contributed by atoms with Gasteiger partial charge >= 0.3 is 0 Å². The summed E-state index contributed by atoms with van der Waals surface area (Å²) in [7, 11) is 0. The van der Waals surface area contributed by atoms with Crippen LogP contribution in [-0.4, -0.2) is 14.7 Å². The fourth-order valence-electron chi connectivity index (χ4n) is 3.53. The van der Waals surface area contributed by atoms with Crippen molar-refractivity contribution in [2.45, 2.75) is 32.7 Å². The van der Waals surface area contributed by atoms with Crippen molar-refractivity contribution in [3.05, 3.63) is 84.2 Å². The Hall–Kier alpha value is -3.07. The van der Waals surface area contributed by atoms with Gasteiger partial charge in [-0.25, -0.2) is 4.98 Å². The van der Waals surface area contributed by atoms with Crippen LogP contribution in [-0.2, 0) is 13.0 Å². The Labute approximate surface area is 159 Å². The van der Waals surface area contributed by atoms with E-state index in [0.29, 0.717) is 0 Å². The molecule has 0 fully saturated rings. The van der Waals surface area contributed by atoms with Crippen LogP contribution in [0.25, 0.3) is 22.2 Å². The molecular formula is C24H24N2O. The summed E-state index contributed by atoms with van der Waals surface area (Å²) < 4.78 is 2.29. The Kier molecular flexibility index (Phi) is 4.93. The van der Waals surface area contributed by atoms with E-state index in [1.807, 2.05) is 12.1 Å². The lowest BCUT2D eigenvalue weighted by Gasteiger charge is -2.11. The molecule has 27 heavy (non-hydrogen) atoms. The SMILES string of the molecule is CCCCc1nc2cc(O)ccc2n1Cc1cccc(-c2ccccc2)c1. The summed E-state index contributed by atoms with van der Waals surface area (Å²) >= 11 is 0. The van der Waals surface area contributed by atoms with Crippen LogP contribution in [0.2, 0.25) is 0 Å². The monoisotopic (exact) mass is 356 g/mol. The van der Waals surface area contributed by atoms with E-state index in [0.717, 1.165) is 42.7 Å². The number of nitrogens with zero attached hydrogens (tertiary/aromatic N) is 2. The van der Waals surface area contributed by atoms with E-state index >= 15 is 0 Å². The van der Waals surface area contributed by atoms with Gasteiger partial charge in [-0.3, -0.25) is 0 Å². The lowest BCUT2D eigenvalue weighted by molar-refractivity contribution is 0.476. The zero-order valence-electron chi connectivity index (χ0n) is 15.6. The number of aryl methyl sites for hydroxylation is 1. The molecule has 1 heterocycles. The summed E-state index contributed by atoms with van der Waals surface area (Å²) in [5.41, 5.74) is 5.64. The highest BCUT2D eigenvalue weighted by molar-refractivity contribution is 5.78. The minimum absolute atomic E-state index is 0.264. The maximum absolute atomic E-state index is 9.81. The molecule has 4 rings (SSSR count). The molecule has 0 aliphatic heterocycles. The molecule has 0 saturated carbocycles. The number of hydrogen-bond acceptors (Lipinski definition) is 2. The third kappa shape index (κ3) is 3.72. The van der Waals surface area contributed by atoms with Gasteiger partial charge in [0.15, 0.2) is 0 Å². The Morgan fingerprint density at radius 1 is 0.889 bits per heavy atom. The Bertz CT molecular complexity index is 1050. The van der Waals surface area contributed by atoms with E-state index < -0.39 is 0 Å². The average Bonchev–Trinajstić information content (AvgIpc) is 3.03. The highest BCUT2D eigenvalue weighted by Gasteiger charge is 2.12. The predicted octanol–water partition coefficient (Wildman–Crippen LogP) is 5.80. The minimum Gasteiger partial charge on any atom is -0.508 e. The quantitative estimate of drug-likeness (QED) is 0.474. The molecule has 0 radical (unpaired) electrons. The zero-order chi connectivity index (χ0) is 18.6. The van der Waals surface area contributed by atoms with Gasteiger partial charge in [0.2, 0.25) is 0 Å². The standard InChI is InChI=1S/C24H24N2O/c1-2-3-12-24-25-22-16-21(27)13-14-23(22)26(24)17-18-8-7-11-20(15-18)19-9-5-4-6-10-19/h4-11,13-16,27H,2-3,12,17H2,1H3. The number of benzene rings is 3. The van der Waals surface area contributed by atoms with Gasteiger partial charge in [0.25, 0.3) is 0 Å². The van der Waals surface area contributed by atoms with Crippen LogP contribution < -0.4 is 0 Å². The van der Waals surface area contributed by atoms with Crippen LogP contribution >= 0.6 is 0 Å². The van der Waals surface area contributed by atoms with Crippen molar-refractivity contribution >= 4 is 11.0 Å². The number of imidazole rings is 1. The number of fused-ring (bicyclic) bond motifs is 1. The van der Waals surface area contributed by atoms with E-state index in [1.165, 1.54) is 16.7 Å². The predicted molar refractivity (Wildman–Crippen MR) is 111 cm³/mol. The highest BCUT2D eigenvalue weighted by atomic mass is 16.3. The molecule has 0 spiro atoms. The van der Waals surface area contributed by atoms with Crippen LogP contribution in [0.1, 0.15) is 31.2 Å². The van der Waals surface area contributed by atoms with Gasteiger partial charge < -0.3 is 9.67 Å². The molecule has 0 saturated heterocycles. The van der Waals surface area contributed by atoms with Crippen molar-refractivity contribution in [1.29, 1.82) is 0 Å². The molecule has 1 aromatic heterocycles. The molecule has 136 valence electrons.